The van der Waals surface area contributed by atoms with Gasteiger partial charge in [-0.25, -0.2) is 9.97 Å². The maximum absolute atomic E-state index is 12.7. The molecule has 4 heterocycles. The van der Waals surface area contributed by atoms with Gasteiger partial charge in [-0.3, -0.25) is 9.69 Å². The lowest BCUT2D eigenvalue weighted by molar-refractivity contribution is -0.131. The number of fused-ring (bicyclic) bond motifs is 1. The van der Waals surface area contributed by atoms with E-state index in [0.717, 1.165) is 64.9 Å². The molecule has 2 saturated heterocycles. The van der Waals surface area contributed by atoms with Crippen molar-refractivity contribution in [1.82, 2.24) is 24.3 Å². The molecule has 2 fully saturated rings. The number of nitrogens with zero attached hydrogens (tertiary/aromatic N) is 5. The number of amides is 1. The molecular formula is C34H46N6O2. The third-order valence-corrected chi connectivity index (χ3v) is 8.22. The van der Waals surface area contributed by atoms with E-state index in [1.54, 1.807) is 13.2 Å². The van der Waals surface area contributed by atoms with Gasteiger partial charge in [-0.1, -0.05) is 58.5 Å². The van der Waals surface area contributed by atoms with Crippen LogP contribution < -0.4 is 10.5 Å². The normalized spacial score (nSPS) is 17.2. The van der Waals surface area contributed by atoms with Crippen molar-refractivity contribution in [3.05, 3.63) is 59.6 Å². The van der Waals surface area contributed by atoms with Crippen molar-refractivity contribution < 1.29 is 9.53 Å². The Kier molecular flexibility index (Phi) is 10.6. The third kappa shape index (κ3) is 7.71. The number of methoxy groups -OCH3 is 1. The average Bonchev–Trinajstić information content (AvgIpc) is 3.56. The highest BCUT2D eigenvalue weighted by atomic mass is 16.5. The molecule has 8 nitrogen and oxygen atoms in total. The van der Waals surface area contributed by atoms with Crippen LogP contribution >= 0.6 is 0 Å². The summed E-state index contributed by atoms with van der Waals surface area (Å²) in [5, 5.41) is 0.746. The number of hydrogen-bond acceptors (Lipinski definition) is 6. The first kappa shape index (κ1) is 31.1. The van der Waals surface area contributed by atoms with E-state index in [1.165, 1.54) is 25.6 Å². The number of ether oxygens (including phenoxy) is 1. The Hall–Kier alpha value is -3.83. The molecule has 0 spiro atoms. The standard InChI is InChI=1S/C29H34N6O2.C5H12/c1-4-21-9-11-33(15-21)10-5-6-26(36)34-17-24(18-34)35-16-23(27-28(30)31-19-32-29(27)35)8-7-22-12-20(2)13-25(14-22)37-3;1-4-5(2)3/h5-6,12-14,16,19,21,24H,4,9-11,15,17-18H2,1-3H3,(H2,30,31,32);5H,4H2,1-3H3/b6-5+;. The summed E-state index contributed by atoms with van der Waals surface area (Å²) in [5.74, 6) is 9.40. The molecule has 3 aromatic rings. The summed E-state index contributed by atoms with van der Waals surface area (Å²) in [6.07, 6.45) is 11.0. The van der Waals surface area contributed by atoms with Gasteiger partial charge in [0, 0.05) is 44.0 Å². The topological polar surface area (TPSA) is 89.5 Å². The average molecular weight is 571 g/mol. The van der Waals surface area contributed by atoms with E-state index in [2.05, 4.69) is 59.0 Å². The summed E-state index contributed by atoms with van der Waals surface area (Å²) >= 11 is 0. The molecule has 1 aromatic carbocycles. The molecule has 42 heavy (non-hydrogen) atoms. The van der Waals surface area contributed by atoms with Crippen molar-refractivity contribution >= 4 is 22.8 Å². The molecular weight excluding hydrogens is 524 g/mol. The van der Waals surface area contributed by atoms with Gasteiger partial charge in [0.15, 0.2) is 0 Å². The summed E-state index contributed by atoms with van der Waals surface area (Å²) in [5.41, 5.74) is 9.69. The Balaban J connectivity index is 0.000000748. The highest BCUT2D eigenvalue weighted by molar-refractivity contribution is 5.93. The van der Waals surface area contributed by atoms with Crippen molar-refractivity contribution in [3.63, 3.8) is 0 Å². The van der Waals surface area contributed by atoms with Crippen LogP contribution in [0.1, 0.15) is 69.7 Å². The van der Waals surface area contributed by atoms with Gasteiger partial charge in [0.25, 0.3) is 0 Å². The highest BCUT2D eigenvalue weighted by Crippen LogP contribution is 2.30. The van der Waals surface area contributed by atoms with Crippen LogP contribution in [0.15, 0.2) is 42.9 Å². The molecule has 0 radical (unpaired) electrons. The van der Waals surface area contributed by atoms with E-state index in [-0.39, 0.29) is 11.9 Å². The Bertz CT molecular complexity index is 1460. The number of likely N-dealkylation sites (tertiary alicyclic amines) is 2. The first-order valence-electron chi connectivity index (χ1n) is 15.2. The number of aromatic nitrogens is 3. The SMILES string of the molecule is CCC(C)C.CCC1CCN(C/C=C/C(=O)N2CC(n3cc(C#Cc4cc(C)cc(OC)c4)c4c(N)ncnc43)C2)C1. The minimum Gasteiger partial charge on any atom is -0.497 e. The predicted molar refractivity (Wildman–Crippen MR) is 170 cm³/mol. The van der Waals surface area contributed by atoms with Gasteiger partial charge in [0.05, 0.1) is 24.1 Å². The monoisotopic (exact) mass is 570 g/mol. The van der Waals surface area contributed by atoms with Crippen LogP contribution in [0.2, 0.25) is 0 Å². The summed E-state index contributed by atoms with van der Waals surface area (Å²) in [7, 11) is 1.65. The summed E-state index contributed by atoms with van der Waals surface area (Å²) in [4.78, 5) is 25.7. The third-order valence-electron chi connectivity index (χ3n) is 8.22. The number of rotatable bonds is 7. The molecule has 8 heteroatoms. The van der Waals surface area contributed by atoms with E-state index in [4.69, 9.17) is 10.5 Å². The minimum absolute atomic E-state index is 0.0569. The molecule has 2 aliphatic heterocycles. The first-order valence-corrected chi connectivity index (χ1v) is 15.2. The molecule has 2 aromatic heterocycles. The predicted octanol–water partition coefficient (Wildman–Crippen LogP) is 5.45. The summed E-state index contributed by atoms with van der Waals surface area (Å²) in [6, 6.07) is 6.01. The number of nitrogen functional groups attached to an aromatic ring is 1. The van der Waals surface area contributed by atoms with E-state index in [0.29, 0.717) is 18.9 Å². The smallest absolute Gasteiger partial charge is 0.246 e. The van der Waals surface area contributed by atoms with Gasteiger partial charge in [0.1, 0.15) is 23.5 Å². The fourth-order valence-electron chi connectivity index (χ4n) is 5.19. The second kappa shape index (κ2) is 14.4. The Labute approximate surface area is 250 Å². The molecule has 0 aliphatic carbocycles. The minimum atomic E-state index is 0.0569. The number of carbonyl (C=O) groups is 1. The summed E-state index contributed by atoms with van der Waals surface area (Å²) < 4.78 is 7.45. The van der Waals surface area contributed by atoms with Crippen LogP contribution in [-0.2, 0) is 4.79 Å². The quantitative estimate of drug-likeness (QED) is 0.300. The van der Waals surface area contributed by atoms with E-state index < -0.39 is 0 Å². The molecule has 1 atom stereocenters. The van der Waals surface area contributed by atoms with E-state index in [9.17, 15) is 4.79 Å². The van der Waals surface area contributed by atoms with Crippen LogP contribution in [0.4, 0.5) is 5.82 Å². The van der Waals surface area contributed by atoms with Crippen molar-refractivity contribution in [3.8, 4) is 17.6 Å². The molecule has 5 rings (SSSR count). The van der Waals surface area contributed by atoms with Gasteiger partial charge >= 0.3 is 0 Å². The maximum Gasteiger partial charge on any atom is 0.246 e. The zero-order valence-corrected chi connectivity index (χ0v) is 26.1. The van der Waals surface area contributed by atoms with Crippen molar-refractivity contribution in [2.24, 2.45) is 11.8 Å². The fourth-order valence-corrected chi connectivity index (χ4v) is 5.19. The number of benzene rings is 1. The van der Waals surface area contributed by atoms with E-state index >= 15 is 0 Å². The molecule has 1 amide bonds. The second-order valence-corrected chi connectivity index (χ2v) is 11.8. The zero-order valence-electron chi connectivity index (χ0n) is 26.1. The summed E-state index contributed by atoms with van der Waals surface area (Å²) in [6.45, 7) is 15.3. The van der Waals surface area contributed by atoms with Crippen LogP contribution in [0.5, 0.6) is 5.75 Å². The molecule has 0 bridgehead atoms. The lowest BCUT2D eigenvalue weighted by Gasteiger charge is -2.39. The molecule has 2 aliphatic rings. The van der Waals surface area contributed by atoms with Crippen molar-refractivity contribution in [2.45, 2.75) is 59.9 Å². The molecule has 224 valence electrons. The zero-order chi connectivity index (χ0) is 30.2. The molecule has 0 saturated carbocycles. The molecule has 2 N–H and O–H groups in total. The lowest BCUT2D eigenvalue weighted by Crippen LogP contribution is -2.50. The lowest BCUT2D eigenvalue weighted by atomic mass is 10.1. The number of hydrogen-bond donors (Lipinski definition) is 1. The number of carbonyl (C=O) groups excluding carboxylic acids is 1. The van der Waals surface area contributed by atoms with Gasteiger partial charge in [0.2, 0.25) is 5.91 Å². The fraction of sp³-hybridized carbons (Fsp3) is 0.500. The van der Waals surface area contributed by atoms with Crippen molar-refractivity contribution in [2.75, 3.05) is 45.6 Å². The maximum atomic E-state index is 12.7. The van der Waals surface area contributed by atoms with Gasteiger partial charge in [-0.2, -0.15) is 0 Å². The van der Waals surface area contributed by atoms with Crippen molar-refractivity contribution in [1.29, 1.82) is 0 Å². The van der Waals surface area contributed by atoms with Crippen LogP contribution in [0.25, 0.3) is 11.0 Å². The highest BCUT2D eigenvalue weighted by Gasteiger charge is 2.32. The van der Waals surface area contributed by atoms with E-state index in [1.807, 2.05) is 42.3 Å². The van der Waals surface area contributed by atoms with Gasteiger partial charge in [-0.05, 0) is 55.5 Å². The van der Waals surface area contributed by atoms with Crippen LogP contribution in [0, 0.1) is 30.6 Å². The second-order valence-electron chi connectivity index (χ2n) is 11.8. The van der Waals surface area contributed by atoms with Gasteiger partial charge in [-0.15, -0.1) is 0 Å². The molecule has 1 unspecified atom stereocenters. The Morgan fingerprint density at radius 1 is 1.17 bits per heavy atom. The Morgan fingerprint density at radius 2 is 1.93 bits per heavy atom. The first-order chi connectivity index (χ1) is 20.2. The Morgan fingerprint density at radius 3 is 2.60 bits per heavy atom. The van der Waals surface area contributed by atoms with Crippen LogP contribution in [-0.4, -0.2) is 70.1 Å². The van der Waals surface area contributed by atoms with Gasteiger partial charge < -0.3 is 19.9 Å². The number of anilines is 1. The van der Waals surface area contributed by atoms with Crippen LogP contribution in [0.3, 0.4) is 0 Å². The largest absolute Gasteiger partial charge is 0.497 e. The number of aryl methyl sites for hydroxylation is 1. The number of nitrogens with two attached hydrogens (primary N) is 1.